The van der Waals surface area contributed by atoms with Gasteiger partial charge in [0.05, 0.1) is 0 Å². The van der Waals surface area contributed by atoms with Gasteiger partial charge >= 0.3 is 0 Å². The zero-order valence-electron chi connectivity index (χ0n) is 10.3. The fraction of sp³-hybridized carbons (Fsp3) is 0.133. The van der Waals surface area contributed by atoms with E-state index in [1.807, 2.05) is 56.3 Å². The van der Waals surface area contributed by atoms with Crippen molar-refractivity contribution >= 4 is 34.2 Å². The van der Waals surface area contributed by atoms with Crippen LogP contribution >= 0.6 is 22.6 Å². The molecule has 0 saturated carbocycles. The Bertz CT molecular complexity index is 593. The van der Waals surface area contributed by atoms with E-state index in [9.17, 15) is 4.79 Å². The van der Waals surface area contributed by atoms with Crippen LogP contribution in [0.4, 0.5) is 5.69 Å². The lowest BCUT2D eigenvalue weighted by Crippen LogP contribution is -2.12. The largest absolute Gasteiger partial charge is 0.322 e. The van der Waals surface area contributed by atoms with E-state index in [-0.39, 0.29) is 5.91 Å². The second-order valence-corrected chi connectivity index (χ2v) is 5.45. The van der Waals surface area contributed by atoms with Crippen molar-refractivity contribution in [2.75, 3.05) is 5.32 Å². The average molecular weight is 351 g/mol. The summed E-state index contributed by atoms with van der Waals surface area (Å²) < 4.78 is 1.20. The summed E-state index contributed by atoms with van der Waals surface area (Å²) in [5.41, 5.74) is 3.77. The van der Waals surface area contributed by atoms with Crippen LogP contribution in [-0.2, 0) is 0 Å². The molecule has 1 N–H and O–H groups in total. The zero-order chi connectivity index (χ0) is 13.1. The maximum absolute atomic E-state index is 12.0. The predicted molar refractivity (Wildman–Crippen MR) is 83.0 cm³/mol. The van der Waals surface area contributed by atoms with E-state index in [1.165, 1.54) is 3.57 Å². The molecule has 0 unspecified atom stereocenters. The number of hydrogen-bond acceptors (Lipinski definition) is 1. The van der Waals surface area contributed by atoms with Gasteiger partial charge in [-0.1, -0.05) is 17.7 Å². The van der Waals surface area contributed by atoms with Crippen molar-refractivity contribution in [2.45, 2.75) is 13.8 Å². The van der Waals surface area contributed by atoms with Gasteiger partial charge in [0, 0.05) is 14.8 Å². The molecule has 3 heteroatoms. The molecule has 0 bridgehead atoms. The van der Waals surface area contributed by atoms with E-state index >= 15 is 0 Å². The number of hydrogen-bond donors (Lipinski definition) is 1. The third-order valence-corrected chi connectivity index (χ3v) is 3.91. The van der Waals surface area contributed by atoms with Crippen molar-refractivity contribution < 1.29 is 4.79 Å². The summed E-state index contributed by atoms with van der Waals surface area (Å²) in [7, 11) is 0. The van der Waals surface area contributed by atoms with Gasteiger partial charge in [-0.25, -0.2) is 0 Å². The number of carbonyl (C=O) groups is 1. The second-order valence-electron chi connectivity index (χ2n) is 4.29. The van der Waals surface area contributed by atoms with Gasteiger partial charge in [-0.2, -0.15) is 0 Å². The first kappa shape index (κ1) is 13.1. The number of carbonyl (C=O) groups excluding carboxylic acids is 1. The van der Waals surface area contributed by atoms with E-state index < -0.39 is 0 Å². The normalized spacial score (nSPS) is 10.2. The van der Waals surface area contributed by atoms with Gasteiger partial charge in [0.15, 0.2) is 0 Å². The lowest BCUT2D eigenvalue weighted by atomic mass is 10.1. The van der Waals surface area contributed by atoms with E-state index in [2.05, 4.69) is 27.9 Å². The van der Waals surface area contributed by atoms with Gasteiger partial charge in [0.25, 0.3) is 5.91 Å². The Kier molecular flexibility index (Phi) is 4.01. The first-order valence-electron chi connectivity index (χ1n) is 5.70. The Morgan fingerprint density at radius 2 is 1.89 bits per heavy atom. The van der Waals surface area contributed by atoms with Crippen LogP contribution in [0.5, 0.6) is 0 Å². The van der Waals surface area contributed by atoms with Crippen molar-refractivity contribution in [3.05, 3.63) is 62.7 Å². The number of aryl methyl sites for hydroxylation is 2. The molecule has 92 valence electrons. The first-order chi connectivity index (χ1) is 8.56. The molecule has 0 aliphatic carbocycles. The summed E-state index contributed by atoms with van der Waals surface area (Å²) >= 11 is 2.28. The van der Waals surface area contributed by atoms with Crippen molar-refractivity contribution in [3.8, 4) is 0 Å². The van der Waals surface area contributed by atoms with Gasteiger partial charge in [-0.15, -0.1) is 0 Å². The number of rotatable bonds is 2. The first-order valence-corrected chi connectivity index (χ1v) is 6.78. The van der Waals surface area contributed by atoms with Crippen LogP contribution in [0.25, 0.3) is 0 Å². The molecular weight excluding hydrogens is 337 g/mol. The van der Waals surface area contributed by atoms with E-state index in [0.717, 1.165) is 16.8 Å². The molecule has 2 nitrogen and oxygen atoms in total. The molecule has 0 atom stereocenters. The van der Waals surface area contributed by atoms with Crippen LogP contribution in [0.15, 0.2) is 42.5 Å². The Labute approximate surface area is 121 Å². The number of benzene rings is 2. The molecule has 2 rings (SSSR count). The van der Waals surface area contributed by atoms with Crippen LogP contribution in [0.1, 0.15) is 21.5 Å². The van der Waals surface area contributed by atoms with E-state index in [1.54, 1.807) is 0 Å². The Morgan fingerprint density at radius 1 is 1.11 bits per heavy atom. The smallest absolute Gasteiger partial charge is 0.255 e. The molecule has 18 heavy (non-hydrogen) atoms. The van der Waals surface area contributed by atoms with Crippen LogP contribution in [0.2, 0.25) is 0 Å². The molecular formula is C15H14INO. The van der Waals surface area contributed by atoms with Crippen molar-refractivity contribution in [1.82, 2.24) is 0 Å². The van der Waals surface area contributed by atoms with Crippen LogP contribution in [0.3, 0.4) is 0 Å². The Balaban J connectivity index is 2.18. The molecule has 0 spiro atoms. The SMILES string of the molecule is Cc1cccc(C(=O)Nc2ccc(I)c(C)c2)c1. The Hall–Kier alpha value is -1.36. The fourth-order valence-corrected chi connectivity index (χ4v) is 2.05. The van der Waals surface area contributed by atoms with Crippen molar-refractivity contribution in [1.29, 1.82) is 0 Å². The minimum absolute atomic E-state index is 0.0701. The third-order valence-electron chi connectivity index (χ3n) is 2.70. The quantitative estimate of drug-likeness (QED) is 0.809. The highest BCUT2D eigenvalue weighted by molar-refractivity contribution is 14.1. The molecule has 2 aromatic carbocycles. The monoisotopic (exact) mass is 351 g/mol. The molecule has 0 fully saturated rings. The molecule has 2 aromatic rings. The Morgan fingerprint density at radius 3 is 2.56 bits per heavy atom. The van der Waals surface area contributed by atoms with Gasteiger partial charge < -0.3 is 5.32 Å². The van der Waals surface area contributed by atoms with Crippen LogP contribution in [-0.4, -0.2) is 5.91 Å². The second kappa shape index (κ2) is 5.52. The maximum atomic E-state index is 12.0. The maximum Gasteiger partial charge on any atom is 0.255 e. The number of anilines is 1. The highest BCUT2D eigenvalue weighted by Gasteiger charge is 2.06. The molecule has 0 aliphatic heterocycles. The third kappa shape index (κ3) is 3.10. The summed E-state index contributed by atoms with van der Waals surface area (Å²) in [6.45, 7) is 4.01. The van der Waals surface area contributed by atoms with Crippen molar-refractivity contribution in [2.24, 2.45) is 0 Å². The van der Waals surface area contributed by atoms with E-state index in [0.29, 0.717) is 5.56 Å². The van der Waals surface area contributed by atoms with Crippen LogP contribution in [0, 0.1) is 17.4 Å². The highest BCUT2D eigenvalue weighted by atomic mass is 127. The topological polar surface area (TPSA) is 29.1 Å². The summed E-state index contributed by atoms with van der Waals surface area (Å²) in [5, 5.41) is 2.91. The van der Waals surface area contributed by atoms with E-state index in [4.69, 9.17) is 0 Å². The van der Waals surface area contributed by atoms with Crippen molar-refractivity contribution in [3.63, 3.8) is 0 Å². The minimum atomic E-state index is -0.0701. The molecule has 0 aromatic heterocycles. The molecule has 1 amide bonds. The highest BCUT2D eigenvalue weighted by Crippen LogP contribution is 2.17. The zero-order valence-corrected chi connectivity index (χ0v) is 12.5. The lowest BCUT2D eigenvalue weighted by Gasteiger charge is -2.07. The standard InChI is InChI=1S/C15H14INO/c1-10-4-3-5-12(8-10)15(18)17-13-6-7-14(16)11(2)9-13/h3-9H,1-2H3,(H,17,18). The number of halogens is 1. The fourth-order valence-electron chi connectivity index (χ4n) is 1.71. The van der Waals surface area contributed by atoms with Gasteiger partial charge in [-0.3, -0.25) is 4.79 Å². The summed E-state index contributed by atoms with van der Waals surface area (Å²) in [6.07, 6.45) is 0. The van der Waals surface area contributed by atoms with Gasteiger partial charge in [0.1, 0.15) is 0 Å². The molecule has 0 aliphatic rings. The summed E-state index contributed by atoms with van der Waals surface area (Å²) in [6, 6.07) is 13.5. The average Bonchev–Trinajstić information content (AvgIpc) is 2.34. The number of nitrogens with one attached hydrogen (secondary N) is 1. The molecule has 0 radical (unpaired) electrons. The molecule has 0 saturated heterocycles. The minimum Gasteiger partial charge on any atom is -0.322 e. The lowest BCUT2D eigenvalue weighted by molar-refractivity contribution is 0.102. The predicted octanol–water partition coefficient (Wildman–Crippen LogP) is 4.16. The van der Waals surface area contributed by atoms with Crippen LogP contribution < -0.4 is 5.32 Å². The summed E-state index contributed by atoms with van der Waals surface area (Å²) in [5.74, 6) is -0.0701. The van der Waals surface area contributed by atoms with Gasteiger partial charge in [-0.05, 0) is 72.3 Å². The summed E-state index contributed by atoms with van der Waals surface area (Å²) in [4.78, 5) is 12.0. The number of amides is 1. The van der Waals surface area contributed by atoms with Gasteiger partial charge in [0.2, 0.25) is 0 Å². The molecule has 0 heterocycles.